The Balaban J connectivity index is 1.49. The minimum atomic E-state index is -0.281. The van der Waals surface area contributed by atoms with Crippen LogP contribution in [0.15, 0.2) is 47.3 Å². The molecule has 4 heterocycles. The molecule has 180 valence electrons. The van der Waals surface area contributed by atoms with E-state index in [1.54, 1.807) is 16.7 Å². The van der Waals surface area contributed by atoms with Crippen LogP contribution < -0.4 is 10.5 Å². The van der Waals surface area contributed by atoms with Gasteiger partial charge < -0.3 is 14.9 Å². The number of aliphatic hydroxyl groups excluding tert-OH is 1. The standard InChI is InChI=1S/C28H31N5O2/c29-17-20-3-1-4-21(15-20)26-30-25-6-5-23(32-14-13-31-11-7-22(32)8-12-31)16-24(25)27(35)33(26)18-28(19-34)9-2-10-28/h1,3-6,15-16,22,34H,2,7-14,18-19H2. The fraction of sp³-hybridized carbons (Fsp3) is 0.464. The average molecular weight is 470 g/mol. The Hall–Kier alpha value is -3.21. The third-order valence-corrected chi connectivity index (χ3v) is 8.42. The summed E-state index contributed by atoms with van der Waals surface area (Å²) in [5.41, 5.74) is 2.69. The summed E-state index contributed by atoms with van der Waals surface area (Å²) < 4.78 is 1.75. The summed E-state index contributed by atoms with van der Waals surface area (Å²) >= 11 is 0. The van der Waals surface area contributed by atoms with Gasteiger partial charge in [-0.1, -0.05) is 18.6 Å². The number of nitriles is 1. The SMILES string of the molecule is N#Cc1cccc(-c2nc3ccc(N4CCN5CCC4CC5)cc3c(=O)n2CC2(CO)CCC2)c1. The predicted molar refractivity (Wildman–Crippen MR) is 136 cm³/mol. The molecule has 0 amide bonds. The number of rotatable bonds is 5. The van der Waals surface area contributed by atoms with Gasteiger partial charge in [-0.2, -0.15) is 5.26 Å². The van der Waals surface area contributed by atoms with E-state index in [1.165, 1.54) is 0 Å². The number of benzene rings is 2. The summed E-state index contributed by atoms with van der Waals surface area (Å²) in [5.74, 6) is 0.563. The fourth-order valence-electron chi connectivity index (χ4n) is 6.09. The van der Waals surface area contributed by atoms with Crippen molar-refractivity contribution in [2.45, 2.75) is 44.7 Å². The molecule has 7 rings (SSSR count). The number of piperidine rings is 1. The van der Waals surface area contributed by atoms with Gasteiger partial charge >= 0.3 is 0 Å². The summed E-state index contributed by atoms with van der Waals surface area (Å²) in [6.45, 7) is 4.83. The van der Waals surface area contributed by atoms with Crippen LogP contribution in [0.25, 0.3) is 22.3 Å². The van der Waals surface area contributed by atoms with E-state index in [1.807, 2.05) is 24.3 Å². The van der Waals surface area contributed by atoms with Gasteiger partial charge in [0, 0.05) is 55.4 Å². The third-order valence-electron chi connectivity index (χ3n) is 8.42. The number of fused-ring (bicyclic) bond motifs is 5. The summed E-state index contributed by atoms with van der Waals surface area (Å²) in [6, 6.07) is 16.1. The smallest absolute Gasteiger partial charge is 0.261 e. The van der Waals surface area contributed by atoms with E-state index in [9.17, 15) is 15.2 Å². The Bertz CT molecular complexity index is 1360. The van der Waals surface area contributed by atoms with Gasteiger partial charge in [-0.15, -0.1) is 0 Å². The summed E-state index contributed by atoms with van der Waals surface area (Å²) in [4.78, 5) is 24.0. The quantitative estimate of drug-likeness (QED) is 0.617. The van der Waals surface area contributed by atoms with E-state index >= 15 is 0 Å². The summed E-state index contributed by atoms with van der Waals surface area (Å²) in [6.07, 6.45) is 5.18. The zero-order chi connectivity index (χ0) is 24.0. The lowest BCUT2D eigenvalue weighted by atomic mass is 9.69. The number of hydrogen-bond donors (Lipinski definition) is 1. The zero-order valence-electron chi connectivity index (χ0n) is 20.0. The molecule has 3 aromatic rings. The van der Waals surface area contributed by atoms with Crippen LogP contribution in [-0.2, 0) is 6.54 Å². The van der Waals surface area contributed by atoms with Gasteiger partial charge in [0.2, 0.25) is 0 Å². The van der Waals surface area contributed by atoms with E-state index in [4.69, 9.17) is 4.98 Å². The van der Waals surface area contributed by atoms with Crippen LogP contribution in [-0.4, -0.2) is 58.4 Å². The van der Waals surface area contributed by atoms with Gasteiger partial charge in [0.1, 0.15) is 5.82 Å². The second-order valence-corrected chi connectivity index (χ2v) is 10.5. The average Bonchev–Trinajstić information content (AvgIpc) is 3.21. The molecule has 35 heavy (non-hydrogen) atoms. The number of hydrogen-bond acceptors (Lipinski definition) is 6. The first-order chi connectivity index (χ1) is 17.1. The Kier molecular flexibility index (Phi) is 5.58. The van der Waals surface area contributed by atoms with Gasteiger partial charge in [-0.25, -0.2) is 4.98 Å². The Labute approximate surface area is 205 Å². The molecule has 4 aliphatic rings. The molecule has 2 bridgehead atoms. The number of aromatic nitrogens is 2. The van der Waals surface area contributed by atoms with E-state index in [0.29, 0.717) is 34.9 Å². The highest BCUT2D eigenvalue weighted by Gasteiger charge is 2.38. The summed E-state index contributed by atoms with van der Waals surface area (Å²) in [5, 5.41) is 20.2. The Morgan fingerprint density at radius 2 is 1.91 bits per heavy atom. The molecule has 2 aromatic carbocycles. The molecule has 1 aromatic heterocycles. The van der Waals surface area contributed by atoms with Gasteiger partial charge in [-0.3, -0.25) is 9.36 Å². The fourth-order valence-corrected chi connectivity index (χ4v) is 6.09. The topological polar surface area (TPSA) is 85.4 Å². The van der Waals surface area contributed by atoms with Crippen molar-refractivity contribution in [3.05, 3.63) is 58.4 Å². The molecule has 4 fully saturated rings. The molecular weight excluding hydrogens is 438 g/mol. The lowest BCUT2D eigenvalue weighted by molar-refractivity contribution is 0.0270. The number of nitrogens with zero attached hydrogens (tertiary/aromatic N) is 5. The van der Waals surface area contributed by atoms with Crippen molar-refractivity contribution in [3.63, 3.8) is 0 Å². The van der Waals surface area contributed by atoms with Crippen LogP contribution in [0.2, 0.25) is 0 Å². The van der Waals surface area contributed by atoms with Crippen LogP contribution in [0.1, 0.15) is 37.7 Å². The summed E-state index contributed by atoms with van der Waals surface area (Å²) in [7, 11) is 0. The maximum Gasteiger partial charge on any atom is 0.261 e. The first kappa shape index (κ1) is 22.3. The van der Waals surface area contributed by atoms with Crippen LogP contribution in [0, 0.1) is 16.7 Å². The molecule has 0 spiro atoms. The second-order valence-electron chi connectivity index (χ2n) is 10.5. The Morgan fingerprint density at radius 1 is 1.09 bits per heavy atom. The molecule has 7 nitrogen and oxygen atoms in total. The van der Waals surface area contributed by atoms with E-state index < -0.39 is 0 Å². The minimum absolute atomic E-state index is 0.0567. The zero-order valence-corrected chi connectivity index (χ0v) is 20.0. The molecule has 3 saturated heterocycles. The molecular formula is C28H31N5O2. The highest BCUT2D eigenvalue weighted by molar-refractivity contribution is 5.83. The first-order valence-electron chi connectivity index (χ1n) is 12.7. The van der Waals surface area contributed by atoms with Gasteiger partial charge in [0.05, 0.1) is 29.1 Å². The van der Waals surface area contributed by atoms with E-state index in [-0.39, 0.29) is 17.6 Å². The van der Waals surface area contributed by atoms with Crippen molar-refractivity contribution >= 4 is 16.6 Å². The molecule has 0 atom stereocenters. The van der Waals surface area contributed by atoms with Gasteiger partial charge in [0.15, 0.2) is 0 Å². The molecule has 0 radical (unpaired) electrons. The van der Waals surface area contributed by atoms with Crippen molar-refractivity contribution in [2.24, 2.45) is 5.41 Å². The van der Waals surface area contributed by atoms with Crippen molar-refractivity contribution < 1.29 is 5.11 Å². The Morgan fingerprint density at radius 3 is 2.63 bits per heavy atom. The lowest BCUT2D eigenvalue weighted by Crippen LogP contribution is -2.41. The van der Waals surface area contributed by atoms with Crippen molar-refractivity contribution in [1.29, 1.82) is 5.26 Å². The highest BCUT2D eigenvalue weighted by Crippen LogP contribution is 2.42. The molecule has 0 unspecified atom stereocenters. The van der Waals surface area contributed by atoms with Gasteiger partial charge in [-0.05, 0) is 56.0 Å². The van der Waals surface area contributed by atoms with Crippen molar-refractivity contribution in [3.8, 4) is 17.5 Å². The van der Waals surface area contributed by atoms with Crippen molar-refractivity contribution in [2.75, 3.05) is 37.7 Å². The number of anilines is 1. The molecule has 1 saturated carbocycles. The largest absolute Gasteiger partial charge is 0.396 e. The molecule has 1 N–H and O–H groups in total. The number of aliphatic hydroxyl groups is 1. The van der Waals surface area contributed by atoms with Gasteiger partial charge in [0.25, 0.3) is 5.56 Å². The van der Waals surface area contributed by atoms with Crippen LogP contribution in [0.4, 0.5) is 5.69 Å². The van der Waals surface area contributed by atoms with Crippen LogP contribution in [0.5, 0.6) is 0 Å². The van der Waals surface area contributed by atoms with E-state index in [2.05, 4.69) is 21.9 Å². The maximum atomic E-state index is 14.0. The normalized spacial score (nSPS) is 23.0. The van der Waals surface area contributed by atoms with Crippen LogP contribution in [0.3, 0.4) is 0 Å². The second kappa shape index (κ2) is 8.78. The molecule has 1 aliphatic carbocycles. The van der Waals surface area contributed by atoms with Crippen molar-refractivity contribution in [1.82, 2.24) is 14.5 Å². The van der Waals surface area contributed by atoms with Crippen LogP contribution >= 0.6 is 0 Å². The highest BCUT2D eigenvalue weighted by atomic mass is 16.3. The molecule has 3 aliphatic heterocycles. The predicted octanol–water partition coefficient (Wildman–Crippen LogP) is 3.38. The van der Waals surface area contributed by atoms with E-state index in [0.717, 1.165) is 69.5 Å². The minimum Gasteiger partial charge on any atom is -0.396 e. The monoisotopic (exact) mass is 469 g/mol. The molecule has 7 heteroatoms. The lowest BCUT2D eigenvalue weighted by Gasteiger charge is -2.41. The first-order valence-corrected chi connectivity index (χ1v) is 12.7. The third kappa shape index (κ3) is 3.91. The maximum absolute atomic E-state index is 14.0.